The highest BCUT2D eigenvalue weighted by Crippen LogP contribution is 2.40. The third kappa shape index (κ3) is 4.32. The Morgan fingerprint density at radius 2 is 0.744 bits per heavy atom. The van der Waals surface area contributed by atoms with Crippen LogP contribution in [-0.2, 0) is 0 Å². The van der Waals surface area contributed by atoms with Gasteiger partial charge in [0, 0.05) is 22.1 Å². The van der Waals surface area contributed by atoms with E-state index in [1.54, 1.807) is 0 Å². The molecular weight excluding hydrogens is 472 g/mol. The van der Waals surface area contributed by atoms with Gasteiger partial charge in [-0.15, -0.1) is 0 Å². The maximum Gasteiger partial charge on any atom is 0.146 e. The Morgan fingerprint density at radius 1 is 0.333 bits per heavy atom. The number of para-hydroxylation sites is 1. The first-order chi connectivity index (χ1) is 19.3. The van der Waals surface area contributed by atoms with Gasteiger partial charge in [0.05, 0.1) is 5.52 Å². The largest absolute Gasteiger partial charge is 0.295 e. The molecule has 0 N–H and O–H groups in total. The monoisotopic (exact) mass is 498 g/mol. The standard InChI is InChI=1S/C37H26N2/c1-3-11-27(12-4-1)29-19-23-31(24-20-29)39(32-25-21-30(22-26-32)28-13-5-2-6-14-28)37-35-17-8-7-15-33(35)34-16-9-10-18-36(34)38-37/h1-26H. The average Bonchev–Trinajstić information content (AvgIpc) is 3.03. The first-order valence-electron chi connectivity index (χ1n) is 13.2. The summed E-state index contributed by atoms with van der Waals surface area (Å²) in [5, 5.41) is 3.48. The lowest BCUT2D eigenvalue weighted by Gasteiger charge is -2.26. The van der Waals surface area contributed by atoms with Crippen molar-refractivity contribution < 1.29 is 0 Å². The molecule has 0 aliphatic rings. The molecule has 0 amide bonds. The van der Waals surface area contributed by atoms with Crippen molar-refractivity contribution in [2.75, 3.05) is 4.90 Å². The molecule has 0 unspecified atom stereocenters. The maximum absolute atomic E-state index is 5.24. The Hall–Kier alpha value is -5.21. The minimum absolute atomic E-state index is 0.921. The fraction of sp³-hybridized carbons (Fsp3) is 0. The topological polar surface area (TPSA) is 16.1 Å². The minimum atomic E-state index is 0.921. The van der Waals surface area contributed by atoms with Gasteiger partial charge in [-0.1, -0.05) is 127 Å². The molecule has 1 aromatic heterocycles. The molecule has 6 aromatic carbocycles. The number of hydrogen-bond donors (Lipinski definition) is 0. The molecule has 0 spiro atoms. The molecule has 2 heteroatoms. The number of pyridine rings is 1. The van der Waals surface area contributed by atoms with E-state index in [9.17, 15) is 0 Å². The Morgan fingerprint density at radius 3 is 1.28 bits per heavy atom. The number of fused-ring (bicyclic) bond motifs is 3. The third-order valence-corrected chi connectivity index (χ3v) is 7.27. The van der Waals surface area contributed by atoms with Crippen molar-refractivity contribution in [3.8, 4) is 22.3 Å². The molecule has 0 saturated heterocycles. The van der Waals surface area contributed by atoms with E-state index in [1.165, 1.54) is 27.6 Å². The fourth-order valence-corrected chi connectivity index (χ4v) is 5.32. The van der Waals surface area contributed by atoms with Crippen LogP contribution in [0, 0.1) is 0 Å². The van der Waals surface area contributed by atoms with Crippen LogP contribution in [0.3, 0.4) is 0 Å². The summed E-state index contributed by atoms with van der Waals surface area (Å²) in [6, 6.07) is 55.5. The molecule has 0 aliphatic carbocycles. The van der Waals surface area contributed by atoms with Crippen LogP contribution < -0.4 is 4.90 Å². The first-order valence-corrected chi connectivity index (χ1v) is 13.2. The number of nitrogens with zero attached hydrogens (tertiary/aromatic N) is 2. The molecule has 0 radical (unpaired) electrons. The van der Waals surface area contributed by atoms with E-state index in [-0.39, 0.29) is 0 Å². The van der Waals surface area contributed by atoms with Gasteiger partial charge in [0.25, 0.3) is 0 Å². The highest BCUT2D eigenvalue weighted by atomic mass is 15.2. The van der Waals surface area contributed by atoms with Crippen molar-refractivity contribution in [3.05, 3.63) is 158 Å². The fourth-order valence-electron chi connectivity index (χ4n) is 5.32. The smallest absolute Gasteiger partial charge is 0.146 e. The summed E-state index contributed by atoms with van der Waals surface area (Å²) in [6.07, 6.45) is 0. The van der Waals surface area contributed by atoms with E-state index in [2.05, 4.69) is 163 Å². The van der Waals surface area contributed by atoms with E-state index in [4.69, 9.17) is 4.98 Å². The van der Waals surface area contributed by atoms with Crippen LogP contribution in [0.15, 0.2) is 158 Å². The van der Waals surface area contributed by atoms with Gasteiger partial charge in [0.15, 0.2) is 0 Å². The molecule has 184 valence electrons. The van der Waals surface area contributed by atoms with E-state index >= 15 is 0 Å². The second-order valence-electron chi connectivity index (χ2n) is 9.66. The second kappa shape index (κ2) is 9.92. The molecule has 7 rings (SSSR count). The Balaban J connectivity index is 1.42. The molecule has 0 aliphatic heterocycles. The van der Waals surface area contributed by atoms with E-state index in [0.717, 1.165) is 33.5 Å². The van der Waals surface area contributed by atoms with E-state index in [1.807, 2.05) is 0 Å². The van der Waals surface area contributed by atoms with Crippen molar-refractivity contribution >= 4 is 38.9 Å². The van der Waals surface area contributed by atoms with Crippen LogP contribution in [0.5, 0.6) is 0 Å². The lowest BCUT2D eigenvalue weighted by atomic mass is 10.0. The number of benzene rings is 6. The Bertz CT molecular complexity index is 1790. The van der Waals surface area contributed by atoms with Crippen molar-refractivity contribution in [2.24, 2.45) is 0 Å². The highest BCUT2D eigenvalue weighted by Gasteiger charge is 2.19. The van der Waals surface area contributed by atoms with Gasteiger partial charge >= 0.3 is 0 Å². The summed E-state index contributed by atoms with van der Waals surface area (Å²) in [5.41, 5.74) is 7.91. The Kier molecular flexibility index (Phi) is 5.84. The van der Waals surface area contributed by atoms with Crippen molar-refractivity contribution in [3.63, 3.8) is 0 Å². The number of hydrogen-bond acceptors (Lipinski definition) is 2. The van der Waals surface area contributed by atoms with Gasteiger partial charge in [0.1, 0.15) is 5.82 Å². The zero-order valence-electron chi connectivity index (χ0n) is 21.4. The van der Waals surface area contributed by atoms with Crippen LogP contribution in [0.1, 0.15) is 0 Å². The van der Waals surface area contributed by atoms with Gasteiger partial charge in [-0.05, 0) is 58.0 Å². The molecule has 7 aromatic rings. The number of aromatic nitrogens is 1. The maximum atomic E-state index is 5.24. The average molecular weight is 499 g/mol. The van der Waals surface area contributed by atoms with Crippen LogP contribution in [0.2, 0.25) is 0 Å². The third-order valence-electron chi connectivity index (χ3n) is 7.27. The molecular formula is C37H26N2. The molecule has 0 bridgehead atoms. The van der Waals surface area contributed by atoms with Crippen molar-refractivity contribution in [1.29, 1.82) is 0 Å². The second-order valence-corrected chi connectivity index (χ2v) is 9.66. The molecule has 0 fully saturated rings. The minimum Gasteiger partial charge on any atom is -0.295 e. The number of anilines is 3. The summed E-state index contributed by atoms with van der Waals surface area (Å²) >= 11 is 0. The van der Waals surface area contributed by atoms with Gasteiger partial charge in [-0.25, -0.2) is 4.98 Å². The lowest BCUT2D eigenvalue weighted by Crippen LogP contribution is -2.12. The molecule has 2 nitrogen and oxygen atoms in total. The van der Waals surface area contributed by atoms with E-state index in [0.29, 0.717) is 0 Å². The quantitative estimate of drug-likeness (QED) is 0.219. The van der Waals surface area contributed by atoms with Crippen molar-refractivity contribution in [2.45, 2.75) is 0 Å². The molecule has 39 heavy (non-hydrogen) atoms. The molecule has 0 atom stereocenters. The summed E-state index contributed by atoms with van der Waals surface area (Å²) < 4.78 is 0. The zero-order valence-corrected chi connectivity index (χ0v) is 21.4. The normalized spacial score (nSPS) is 11.1. The van der Waals surface area contributed by atoms with Gasteiger partial charge in [-0.2, -0.15) is 0 Å². The van der Waals surface area contributed by atoms with Crippen LogP contribution in [-0.4, -0.2) is 4.98 Å². The summed E-state index contributed by atoms with van der Waals surface area (Å²) in [4.78, 5) is 7.52. The van der Waals surface area contributed by atoms with Gasteiger partial charge in [0.2, 0.25) is 0 Å². The number of rotatable bonds is 5. The lowest BCUT2D eigenvalue weighted by molar-refractivity contribution is 1.22. The summed E-state index contributed by atoms with van der Waals surface area (Å²) in [6.45, 7) is 0. The van der Waals surface area contributed by atoms with Crippen LogP contribution in [0.25, 0.3) is 43.9 Å². The summed E-state index contributed by atoms with van der Waals surface area (Å²) in [5.74, 6) is 0.921. The summed E-state index contributed by atoms with van der Waals surface area (Å²) in [7, 11) is 0. The first kappa shape index (κ1) is 22.9. The van der Waals surface area contributed by atoms with Gasteiger partial charge < -0.3 is 0 Å². The molecule has 1 heterocycles. The van der Waals surface area contributed by atoms with Crippen molar-refractivity contribution in [1.82, 2.24) is 4.98 Å². The SMILES string of the molecule is c1ccc(-c2ccc(N(c3ccc(-c4ccccc4)cc3)c3nc4ccccc4c4ccccc34)cc2)cc1. The predicted octanol–water partition coefficient (Wildman–Crippen LogP) is 10.2. The highest BCUT2D eigenvalue weighted by molar-refractivity contribution is 6.11. The van der Waals surface area contributed by atoms with Gasteiger partial charge in [-0.3, -0.25) is 4.90 Å². The van der Waals surface area contributed by atoms with Crippen LogP contribution >= 0.6 is 0 Å². The predicted molar refractivity (Wildman–Crippen MR) is 165 cm³/mol. The van der Waals surface area contributed by atoms with E-state index < -0.39 is 0 Å². The zero-order chi connectivity index (χ0) is 26.0. The van der Waals surface area contributed by atoms with Crippen LogP contribution in [0.4, 0.5) is 17.2 Å². The Labute approximate surface area is 228 Å². The molecule has 0 saturated carbocycles.